The van der Waals surface area contributed by atoms with Gasteiger partial charge >= 0.3 is 0 Å². The average Bonchev–Trinajstić information content (AvgIpc) is 3.42. The van der Waals surface area contributed by atoms with Crippen molar-refractivity contribution in [1.82, 2.24) is 26.2 Å². The highest BCUT2D eigenvalue weighted by atomic mass is 32.2. The molecule has 1 saturated heterocycles. The van der Waals surface area contributed by atoms with Gasteiger partial charge in [-0.2, -0.15) is 0 Å². The van der Waals surface area contributed by atoms with Gasteiger partial charge in [-0.25, -0.2) is 0 Å². The lowest BCUT2D eigenvalue weighted by molar-refractivity contribution is -0.143. The molecule has 3 atom stereocenters. The van der Waals surface area contributed by atoms with Crippen LogP contribution in [0.4, 0.5) is 0 Å². The number of benzene rings is 1. The minimum Gasteiger partial charge on any atom is -0.385 e. The third-order valence-electron chi connectivity index (χ3n) is 7.24. The molecule has 2 fully saturated rings. The number of likely N-dealkylation sites (tertiary alicyclic amines) is 1. The van der Waals surface area contributed by atoms with E-state index in [-0.39, 0.29) is 23.6 Å². The summed E-state index contributed by atoms with van der Waals surface area (Å²) in [6.45, 7) is 2.26. The van der Waals surface area contributed by atoms with E-state index < -0.39 is 18.1 Å². The molecule has 3 rings (SSSR count). The number of hydrogen-bond acceptors (Lipinski definition) is 7. The summed E-state index contributed by atoms with van der Waals surface area (Å²) in [6.07, 6.45) is 6.33. The normalized spacial score (nSPS) is 20.8. The van der Waals surface area contributed by atoms with Gasteiger partial charge in [0.25, 0.3) is 0 Å². The van der Waals surface area contributed by atoms with Gasteiger partial charge in [-0.15, -0.1) is 0 Å². The van der Waals surface area contributed by atoms with Crippen LogP contribution >= 0.6 is 11.9 Å². The number of rotatable bonds is 10. The van der Waals surface area contributed by atoms with E-state index in [4.69, 9.17) is 5.14 Å². The highest BCUT2D eigenvalue weighted by Crippen LogP contribution is 2.30. The first kappa shape index (κ1) is 28.0. The summed E-state index contributed by atoms with van der Waals surface area (Å²) in [5.74, 6) is -0.561. The van der Waals surface area contributed by atoms with Crippen LogP contribution in [-0.4, -0.2) is 61.4 Å². The van der Waals surface area contributed by atoms with E-state index in [1.165, 1.54) is 0 Å². The molecule has 0 aromatic heterocycles. The second-order valence-electron chi connectivity index (χ2n) is 9.51. The maximum atomic E-state index is 13.8. The van der Waals surface area contributed by atoms with E-state index in [9.17, 15) is 14.4 Å². The Kier molecular flexibility index (Phi) is 10.6. The maximum Gasteiger partial charge on any atom is 0.247 e. The van der Waals surface area contributed by atoms with Crippen LogP contribution in [0.5, 0.6) is 0 Å². The van der Waals surface area contributed by atoms with E-state index in [0.717, 1.165) is 56.0 Å². The third kappa shape index (κ3) is 6.80. The largest absolute Gasteiger partial charge is 0.385 e. The van der Waals surface area contributed by atoms with E-state index in [0.29, 0.717) is 23.7 Å². The van der Waals surface area contributed by atoms with E-state index in [1.54, 1.807) is 25.9 Å². The van der Waals surface area contributed by atoms with Crippen LogP contribution in [0.15, 0.2) is 35.4 Å². The predicted molar refractivity (Wildman–Crippen MR) is 144 cm³/mol. The molecule has 0 spiro atoms. The molecule has 0 bridgehead atoms. The fraction of sp³-hybridized carbons (Fsp3) is 0.577. The SMILES string of the molecule is CN/C(=C(/NC(=O)[C@H]1CCCN1C(=O)[C@@H](NC(=O)[C@H](C)NC)C1CCCCC1)SN)c1ccccc1. The molecule has 6 N–H and O–H groups in total. The van der Waals surface area contributed by atoms with Crippen LogP contribution in [0.3, 0.4) is 0 Å². The Hall–Kier alpha value is -2.56. The van der Waals surface area contributed by atoms with Gasteiger partial charge in [0, 0.05) is 19.2 Å². The summed E-state index contributed by atoms with van der Waals surface area (Å²) in [7, 11) is 3.50. The highest BCUT2D eigenvalue weighted by molar-refractivity contribution is 8.01. The highest BCUT2D eigenvalue weighted by Gasteiger charge is 2.41. The topological polar surface area (TPSA) is 129 Å². The molecular formula is C26H40N6O3S. The first-order valence-electron chi connectivity index (χ1n) is 12.8. The zero-order valence-corrected chi connectivity index (χ0v) is 22.3. The first-order valence-corrected chi connectivity index (χ1v) is 13.7. The van der Waals surface area contributed by atoms with Crippen LogP contribution in [0.25, 0.3) is 5.70 Å². The Labute approximate surface area is 218 Å². The Bertz CT molecular complexity index is 935. The zero-order valence-electron chi connectivity index (χ0n) is 21.5. The van der Waals surface area contributed by atoms with Gasteiger partial charge in [0.1, 0.15) is 17.1 Å². The van der Waals surface area contributed by atoms with Crippen molar-refractivity contribution < 1.29 is 14.4 Å². The summed E-state index contributed by atoms with van der Waals surface area (Å²) in [5, 5.41) is 18.5. The quantitative estimate of drug-likeness (QED) is 0.301. The Morgan fingerprint density at radius 3 is 2.33 bits per heavy atom. The number of nitrogens with one attached hydrogen (secondary N) is 4. The average molecular weight is 517 g/mol. The molecule has 1 aromatic carbocycles. The van der Waals surface area contributed by atoms with Gasteiger partial charge in [0.05, 0.1) is 11.7 Å². The van der Waals surface area contributed by atoms with Crippen molar-refractivity contribution in [1.29, 1.82) is 0 Å². The number of nitrogens with two attached hydrogens (primary N) is 1. The van der Waals surface area contributed by atoms with Gasteiger partial charge in [-0.1, -0.05) is 49.6 Å². The molecule has 1 heterocycles. The number of amides is 3. The van der Waals surface area contributed by atoms with Crippen LogP contribution in [0.1, 0.15) is 57.4 Å². The molecule has 1 saturated carbocycles. The van der Waals surface area contributed by atoms with Crippen molar-refractivity contribution in [3.05, 3.63) is 40.9 Å². The number of likely N-dealkylation sites (N-methyl/N-ethyl adjacent to an activating group) is 1. The smallest absolute Gasteiger partial charge is 0.247 e. The molecule has 36 heavy (non-hydrogen) atoms. The van der Waals surface area contributed by atoms with Crippen LogP contribution < -0.4 is 26.4 Å². The summed E-state index contributed by atoms with van der Waals surface area (Å²) >= 11 is 0.955. The Balaban J connectivity index is 1.80. The summed E-state index contributed by atoms with van der Waals surface area (Å²) < 4.78 is 0. The van der Waals surface area contributed by atoms with Gasteiger partial charge in [-0.3, -0.25) is 19.5 Å². The fourth-order valence-corrected chi connectivity index (χ4v) is 5.58. The molecular weight excluding hydrogens is 476 g/mol. The van der Waals surface area contributed by atoms with Gasteiger partial charge in [0.15, 0.2) is 0 Å². The molecule has 1 aromatic rings. The molecule has 10 heteroatoms. The van der Waals surface area contributed by atoms with Gasteiger partial charge < -0.3 is 26.2 Å². The lowest BCUT2D eigenvalue weighted by Gasteiger charge is -2.35. The molecule has 1 aliphatic heterocycles. The van der Waals surface area contributed by atoms with Crippen molar-refractivity contribution in [2.75, 3.05) is 20.6 Å². The fourth-order valence-electron chi connectivity index (χ4n) is 5.08. The molecule has 9 nitrogen and oxygen atoms in total. The monoisotopic (exact) mass is 516 g/mol. The Morgan fingerprint density at radius 1 is 1.03 bits per heavy atom. The molecule has 198 valence electrons. The zero-order chi connectivity index (χ0) is 26.1. The maximum absolute atomic E-state index is 13.8. The molecule has 1 aliphatic carbocycles. The van der Waals surface area contributed by atoms with Gasteiger partial charge in [0.2, 0.25) is 17.7 Å². The molecule has 0 radical (unpaired) electrons. The first-order chi connectivity index (χ1) is 17.4. The van der Waals surface area contributed by atoms with Crippen molar-refractivity contribution in [2.45, 2.75) is 70.0 Å². The number of carbonyl (C=O) groups is 3. The summed E-state index contributed by atoms with van der Waals surface area (Å²) in [6, 6.07) is 7.97. The van der Waals surface area contributed by atoms with E-state index in [2.05, 4.69) is 21.3 Å². The lowest BCUT2D eigenvalue weighted by Crippen LogP contribution is -2.58. The summed E-state index contributed by atoms with van der Waals surface area (Å²) in [4.78, 5) is 41.6. The molecule has 0 unspecified atom stereocenters. The molecule has 3 amide bonds. The van der Waals surface area contributed by atoms with Crippen molar-refractivity contribution >= 4 is 35.4 Å². The number of nitrogens with zero attached hydrogens (tertiary/aromatic N) is 1. The number of hydrogen-bond donors (Lipinski definition) is 5. The van der Waals surface area contributed by atoms with Crippen molar-refractivity contribution in [2.24, 2.45) is 11.1 Å². The minimum absolute atomic E-state index is 0.0765. The Morgan fingerprint density at radius 2 is 1.72 bits per heavy atom. The summed E-state index contributed by atoms with van der Waals surface area (Å²) in [5.41, 5.74) is 1.60. The van der Waals surface area contributed by atoms with Crippen LogP contribution in [0.2, 0.25) is 0 Å². The van der Waals surface area contributed by atoms with Crippen molar-refractivity contribution in [3.8, 4) is 0 Å². The van der Waals surface area contributed by atoms with Crippen LogP contribution in [-0.2, 0) is 14.4 Å². The number of carbonyl (C=O) groups excluding carboxylic acids is 3. The van der Waals surface area contributed by atoms with Crippen molar-refractivity contribution in [3.63, 3.8) is 0 Å². The second kappa shape index (κ2) is 13.7. The standard InChI is InChI=1S/C26H40N6O3S/c1-17(28-2)23(33)30-22(19-13-8-5-9-14-19)26(35)32-16-10-15-20(32)24(34)31-25(36-27)21(29-3)18-11-6-4-7-12-18/h4,6-7,11-12,17,19-20,22,28-29H,5,8-10,13-16,27H2,1-3H3,(H,30,33)(H,31,34)/b25-21-/t17-,20+,22-/m0/s1. The lowest BCUT2D eigenvalue weighted by atomic mass is 9.83. The predicted octanol–water partition coefficient (Wildman–Crippen LogP) is 1.92. The third-order valence-corrected chi connectivity index (χ3v) is 7.79. The molecule has 2 aliphatic rings. The minimum atomic E-state index is -0.627. The van der Waals surface area contributed by atoms with Crippen LogP contribution in [0, 0.1) is 5.92 Å². The van der Waals surface area contributed by atoms with E-state index in [1.807, 2.05) is 30.3 Å². The second-order valence-corrected chi connectivity index (χ2v) is 10.2. The van der Waals surface area contributed by atoms with E-state index >= 15 is 0 Å². The van der Waals surface area contributed by atoms with Gasteiger partial charge in [-0.05, 0) is 57.5 Å².